The maximum absolute atomic E-state index is 12.6. The second-order valence-corrected chi connectivity index (χ2v) is 6.22. The van der Waals surface area contributed by atoms with Gasteiger partial charge in [0.15, 0.2) is 29.3 Å². The number of hydrogen-bond acceptors (Lipinski definition) is 8. The van der Waals surface area contributed by atoms with Crippen LogP contribution in [0.1, 0.15) is 31.2 Å². The van der Waals surface area contributed by atoms with Crippen molar-refractivity contribution < 1.29 is 33.1 Å². The zero-order chi connectivity index (χ0) is 20.0. The Kier molecular flexibility index (Phi) is 3.80. The normalized spacial score (nSPS) is 14.7. The topological polar surface area (TPSA) is 108 Å². The number of hydrogen-bond donors (Lipinski definition) is 0. The van der Waals surface area contributed by atoms with Gasteiger partial charge in [-0.05, 0) is 30.3 Å². The predicted molar refractivity (Wildman–Crippen MR) is 95.3 cm³/mol. The molecule has 2 aliphatic rings. The van der Waals surface area contributed by atoms with Crippen LogP contribution >= 0.6 is 0 Å². The number of carbonyl (C=O) groups excluding carboxylic acids is 3. The number of amides is 2. The molecule has 0 aliphatic carbocycles. The van der Waals surface area contributed by atoms with Crippen LogP contribution in [-0.4, -0.2) is 41.0 Å². The highest BCUT2D eigenvalue weighted by Gasteiger charge is 2.39. The molecule has 9 heteroatoms. The Hall–Kier alpha value is -4.14. The minimum Gasteiger partial charge on any atom is -0.486 e. The molecule has 9 nitrogen and oxygen atoms in total. The number of carbonyl (C=O) groups is 3. The summed E-state index contributed by atoms with van der Waals surface area (Å²) in [6.07, 6.45) is 1.07. The molecule has 5 rings (SSSR count). The van der Waals surface area contributed by atoms with Crippen LogP contribution in [0.3, 0.4) is 0 Å². The summed E-state index contributed by atoms with van der Waals surface area (Å²) in [5.41, 5.74) is 0.648. The lowest BCUT2D eigenvalue weighted by Gasteiger charge is -2.18. The molecule has 0 saturated heterocycles. The summed E-state index contributed by atoms with van der Waals surface area (Å²) in [5, 5.41) is 0.426. The quantitative estimate of drug-likeness (QED) is 0.626. The molecule has 3 aromatic rings. The van der Waals surface area contributed by atoms with E-state index in [1.54, 1.807) is 30.3 Å². The molecule has 144 valence electrons. The molecular weight excluding hydrogens is 380 g/mol. The Bertz CT molecular complexity index is 1130. The van der Waals surface area contributed by atoms with E-state index in [0.717, 1.165) is 6.39 Å². The van der Waals surface area contributed by atoms with Crippen molar-refractivity contribution in [2.24, 2.45) is 0 Å². The zero-order valence-electron chi connectivity index (χ0n) is 14.8. The fourth-order valence-electron chi connectivity index (χ4n) is 3.16. The average Bonchev–Trinajstić information content (AvgIpc) is 3.34. The summed E-state index contributed by atoms with van der Waals surface area (Å²) >= 11 is 0. The van der Waals surface area contributed by atoms with Crippen LogP contribution in [0.15, 0.2) is 53.3 Å². The number of rotatable bonds is 3. The Labute approximate surface area is 163 Å². The zero-order valence-corrected chi connectivity index (χ0v) is 14.8. The van der Waals surface area contributed by atoms with E-state index in [0.29, 0.717) is 35.3 Å². The summed E-state index contributed by atoms with van der Waals surface area (Å²) in [4.78, 5) is 46.3. The van der Waals surface area contributed by atoms with Crippen molar-refractivity contribution in [1.29, 1.82) is 0 Å². The molecule has 0 fully saturated rings. The van der Waals surface area contributed by atoms with Crippen LogP contribution in [0.5, 0.6) is 11.5 Å². The van der Waals surface area contributed by atoms with Crippen LogP contribution in [-0.2, 0) is 4.84 Å². The Morgan fingerprint density at radius 3 is 2.38 bits per heavy atom. The van der Waals surface area contributed by atoms with E-state index >= 15 is 0 Å². The molecule has 0 N–H and O–H groups in total. The monoisotopic (exact) mass is 392 g/mol. The highest BCUT2D eigenvalue weighted by molar-refractivity contribution is 6.21. The Balaban J connectivity index is 1.42. The number of hydroxylamine groups is 2. The van der Waals surface area contributed by atoms with Gasteiger partial charge in [0.2, 0.25) is 0 Å². The van der Waals surface area contributed by atoms with Crippen molar-refractivity contribution in [3.63, 3.8) is 0 Å². The SMILES string of the molecule is O=C(ON1C(=O)c2ccccc2C1=O)c1ncoc1-c1ccc2c(c1)OCCO2. The van der Waals surface area contributed by atoms with E-state index < -0.39 is 17.8 Å². The minimum absolute atomic E-state index is 0.114. The summed E-state index contributed by atoms with van der Waals surface area (Å²) in [5.74, 6) is -1.24. The van der Waals surface area contributed by atoms with Gasteiger partial charge in [-0.3, -0.25) is 9.59 Å². The Morgan fingerprint density at radius 1 is 0.966 bits per heavy atom. The largest absolute Gasteiger partial charge is 0.486 e. The minimum atomic E-state index is -1.00. The molecular formula is C20H12N2O7. The number of aromatic nitrogens is 1. The molecule has 0 spiro atoms. The molecule has 0 radical (unpaired) electrons. The van der Waals surface area contributed by atoms with Gasteiger partial charge >= 0.3 is 5.97 Å². The molecule has 2 amide bonds. The van der Waals surface area contributed by atoms with Crippen LogP contribution in [0.4, 0.5) is 0 Å². The highest BCUT2D eigenvalue weighted by Crippen LogP contribution is 2.35. The van der Waals surface area contributed by atoms with E-state index in [4.69, 9.17) is 18.7 Å². The Morgan fingerprint density at radius 2 is 1.66 bits per heavy atom. The molecule has 2 aliphatic heterocycles. The van der Waals surface area contributed by atoms with Crippen LogP contribution in [0.25, 0.3) is 11.3 Å². The summed E-state index contributed by atoms with van der Waals surface area (Å²) in [6, 6.07) is 11.2. The lowest BCUT2D eigenvalue weighted by molar-refractivity contribution is -0.0587. The standard InChI is InChI=1S/C20H12N2O7/c23-18-12-3-1-2-4-13(12)19(24)22(18)29-20(25)16-17(28-10-21-16)11-5-6-14-15(9-11)27-8-7-26-14/h1-6,9-10H,7-8H2. The van der Waals surface area contributed by atoms with E-state index in [2.05, 4.69) is 4.98 Å². The van der Waals surface area contributed by atoms with Crippen molar-refractivity contribution in [3.8, 4) is 22.8 Å². The maximum Gasteiger partial charge on any atom is 0.386 e. The molecule has 1 aromatic heterocycles. The first-order chi connectivity index (χ1) is 14.1. The van der Waals surface area contributed by atoms with Crippen molar-refractivity contribution in [2.75, 3.05) is 13.2 Å². The van der Waals surface area contributed by atoms with E-state index in [9.17, 15) is 14.4 Å². The lowest BCUT2D eigenvalue weighted by Crippen LogP contribution is -2.32. The fourth-order valence-corrected chi connectivity index (χ4v) is 3.16. The second-order valence-electron chi connectivity index (χ2n) is 6.22. The van der Waals surface area contributed by atoms with Crippen LogP contribution in [0, 0.1) is 0 Å². The van der Waals surface area contributed by atoms with Gasteiger partial charge in [0.25, 0.3) is 11.8 Å². The molecule has 29 heavy (non-hydrogen) atoms. The van der Waals surface area contributed by atoms with Crippen LogP contribution < -0.4 is 9.47 Å². The van der Waals surface area contributed by atoms with Gasteiger partial charge in [-0.1, -0.05) is 17.2 Å². The molecule has 0 bridgehead atoms. The first kappa shape index (κ1) is 17.0. The van der Waals surface area contributed by atoms with Gasteiger partial charge < -0.3 is 18.7 Å². The summed E-state index contributed by atoms with van der Waals surface area (Å²) in [7, 11) is 0. The second kappa shape index (κ2) is 6.48. The molecule has 0 saturated carbocycles. The van der Waals surface area contributed by atoms with Gasteiger partial charge in [-0.2, -0.15) is 0 Å². The maximum atomic E-state index is 12.6. The van der Waals surface area contributed by atoms with Crippen molar-refractivity contribution in [3.05, 3.63) is 65.7 Å². The number of imide groups is 1. The number of nitrogens with zero attached hydrogens (tertiary/aromatic N) is 2. The fraction of sp³-hybridized carbons (Fsp3) is 0.100. The van der Waals surface area contributed by atoms with Gasteiger partial charge in [-0.15, -0.1) is 0 Å². The van der Waals surface area contributed by atoms with Crippen molar-refractivity contribution >= 4 is 17.8 Å². The lowest BCUT2D eigenvalue weighted by atomic mass is 10.1. The van der Waals surface area contributed by atoms with Gasteiger partial charge in [0.05, 0.1) is 11.1 Å². The van der Waals surface area contributed by atoms with Crippen molar-refractivity contribution in [2.45, 2.75) is 0 Å². The average molecular weight is 392 g/mol. The van der Waals surface area contributed by atoms with Gasteiger partial charge in [-0.25, -0.2) is 9.78 Å². The predicted octanol–water partition coefficient (Wildman–Crippen LogP) is 2.48. The van der Waals surface area contributed by atoms with Crippen LogP contribution in [0.2, 0.25) is 0 Å². The highest BCUT2D eigenvalue weighted by atomic mass is 16.7. The van der Waals surface area contributed by atoms with Gasteiger partial charge in [0.1, 0.15) is 13.2 Å². The van der Waals surface area contributed by atoms with E-state index in [-0.39, 0.29) is 22.6 Å². The van der Waals surface area contributed by atoms with E-state index in [1.807, 2.05) is 0 Å². The number of oxazole rings is 1. The summed E-state index contributed by atoms with van der Waals surface area (Å²) in [6.45, 7) is 0.855. The van der Waals surface area contributed by atoms with Crippen molar-refractivity contribution in [1.82, 2.24) is 10.0 Å². The number of benzene rings is 2. The number of fused-ring (bicyclic) bond motifs is 2. The molecule has 0 unspecified atom stereocenters. The molecule has 2 aromatic carbocycles. The first-order valence-corrected chi connectivity index (χ1v) is 8.67. The molecule has 3 heterocycles. The van der Waals surface area contributed by atoms with Gasteiger partial charge in [0, 0.05) is 5.56 Å². The third kappa shape index (κ3) is 2.71. The third-order valence-electron chi connectivity index (χ3n) is 4.50. The molecule has 0 atom stereocenters. The first-order valence-electron chi connectivity index (χ1n) is 8.67. The third-order valence-corrected chi connectivity index (χ3v) is 4.50. The summed E-state index contributed by atoms with van der Waals surface area (Å²) < 4.78 is 16.4. The smallest absolute Gasteiger partial charge is 0.386 e. The van der Waals surface area contributed by atoms with E-state index in [1.165, 1.54) is 12.1 Å². The number of ether oxygens (including phenoxy) is 2.